The summed E-state index contributed by atoms with van der Waals surface area (Å²) in [6, 6.07) is 5.69. The highest BCUT2D eigenvalue weighted by atomic mass is 32.2. The van der Waals surface area contributed by atoms with Crippen LogP contribution in [0.25, 0.3) is 0 Å². The molecule has 2 amide bonds. The molecular weight excluding hydrogens is 304 g/mol. The fraction of sp³-hybridized carbons (Fsp3) is 0.467. The minimum atomic E-state index is -0.160. The molecule has 118 valence electrons. The Bertz CT molecular complexity index is 605. The zero-order valence-electron chi connectivity index (χ0n) is 12.6. The van der Waals surface area contributed by atoms with Crippen molar-refractivity contribution in [1.29, 1.82) is 0 Å². The molecule has 1 aromatic rings. The number of carbonyl (C=O) groups excluding carboxylic acids is 2. The van der Waals surface area contributed by atoms with Crippen LogP contribution >= 0.6 is 11.8 Å². The van der Waals surface area contributed by atoms with E-state index in [9.17, 15) is 9.59 Å². The molecule has 0 aromatic heterocycles. The van der Waals surface area contributed by atoms with Crippen molar-refractivity contribution in [3.63, 3.8) is 0 Å². The van der Waals surface area contributed by atoms with Gasteiger partial charge in [0.1, 0.15) is 25.1 Å². The Balaban J connectivity index is 1.83. The molecule has 0 unspecified atom stereocenters. The van der Waals surface area contributed by atoms with Crippen LogP contribution in [0.15, 0.2) is 18.2 Å². The lowest BCUT2D eigenvalue weighted by atomic mass is 10.1. The fourth-order valence-corrected chi connectivity index (χ4v) is 3.58. The molecule has 0 N–H and O–H groups in total. The van der Waals surface area contributed by atoms with E-state index in [1.807, 2.05) is 18.2 Å². The molecule has 7 heteroatoms. The normalized spacial score (nSPS) is 20.2. The Labute approximate surface area is 133 Å². The van der Waals surface area contributed by atoms with Crippen LogP contribution < -0.4 is 9.47 Å². The van der Waals surface area contributed by atoms with Crippen LogP contribution in [0.2, 0.25) is 0 Å². The van der Waals surface area contributed by atoms with Gasteiger partial charge >= 0.3 is 0 Å². The van der Waals surface area contributed by atoms with Crippen LogP contribution in [0.3, 0.4) is 0 Å². The summed E-state index contributed by atoms with van der Waals surface area (Å²) in [5.74, 6) is 1.71. The van der Waals surface area contributed by atoms with E-state index in [1.165, 1.54) is 16.7 Å². The van der Waals surface area contributed by atoms with Gasteiger partial charge in [-0.15, -0.1) is 11.8 Å². The van der Waals surface area contributed by atoms with Crippen molar-refractivity contribution >= 4 is 23.6 Å². The molecule has 22 heavy (non-hydrogen) atoms. The number of amides is 2. The van der Waals surface area contributed by atoms with Crippen molar-refractivity contribution in [3.05, 3.63) is 23.8 Å². The van der Waals surface area contributed by atoms with Crippen LogP contribution in [-0.4, -0.2) is 61.2 Å². The second-order valence-corrected chi connectivity index (χ2v) is 6.44. The molecule has 2 aliphatic heterocycles. The zero-order valence-corrected chi connectivity index (χ0v) is 13.4. The molecule has 0 radical (unpaired) electrons. The van der Waals surface area contributed by atoms with Crippen LogP contribution in [-0.2, 0) is 9.59 Å². The number of hydrogen-bond donors (Lipinski definition) is 0. The van der Waals surface area contributed by atoms with Gasteiger partial charge in [0.05, 0.1) is 5.75 Å². The van der Waals surface area contributed by atoms with E-state index in [1.54, 1.807) is 19.0 Å². The highest BCUT2D eigenvalue weighted by molar-refractivity contribution is 8.00. The molecule has 1 fully saturated rings. The lowest BCUT2D eigenvalue weighted by Gasteiger charge is -2.26. The van der Waals surface area contributed by atoms with Crippen molar-refractivity contribution in [3.8, 4) is 11.5 Å². The van der Waals surface area contributed by atoms with E-state index in [-0.39, 0.29) is 23.7 Å². The molecule has 2 aliphatic rings. The maximum absolute atomic E-state index is 12.1. The van der Waals surface area contributed by atoms with E-state index in [2.05, 4.69) is 0 Å². The highest BCUT2D eigenvalue weighted by Crippen LogP contribution is 2.42. The van der Waals surface area contributed by atoms with Gasteiger partial charge < -0.3 is 19.3 Å². The third kappa shape index (κ3) is 2.85. The number of likely N-dealkylation sites (N-methyl/N-ethyl adjacent to an activating group) is 1. The summed E-state index contributed by atoms with van der Waals surface area (Å²) < 4.78 is 11.1. The van der Waals surface area contributed by atoms with Crippen molar-refractivity contribution in [2.75, 3.05) is 39.6 Å². The first-order valence-electron chi connectivity index (χ1n) is 7.07. The number of carbonyl (C=O) groups is 2. The molecule has 6 nitrogen and oxygen atoms in total. The van der Waals surface area contributed by atoms with Gasteiger partial charge in [0, 0.05) is 14.1 Å². The van der Waals surface area contributed by atoms with Gasteiger partial charge in [-0.2, -0.15) is 0 Å². The number of ether oxygens (including phenoxy) is 2. The lowest BCUT2D eigenvalue weighted by molar-refractivity contribution is -0.137. The Morgan fingerprint density at radius 1 is 1.32 bits per heavy atom. The Kier molecular flexibility index (Phi) is 4.15. The molecule has 0 bridgehead atoms. The first kappa shape index (κ1) is 15.0. The Morgan fingerprint density at radius 2 is 2.05 bits per heavy atom. The molecule has 3 rings (SSSR count). The predicted molar refractivity (Wildman–Crippen MR) is 83.0 cm³/mol. The third-order valence-electron chi connectivity index (χ3n) is 3.62. The standard InChI is InChI=1S/C15H18N2O4S/c1-16(2)13(18)8-17-14(19)9-22-15(17)10-3-4-11-12(7-10)21-6-5-20-11/h3-4,7,15H,5-6,8-9H2,1-2H3/t15-/m1/s1. The summed E-state index contributed by atoms with van der Waals surface area (Å²) in [6.45, 7) is 1.17. The van der Waals surface area contributed by atoms with E-state index in [4.69, 9.17) is 9.47 Å². The minimum absolute atomic E-state index is 0.0138. The van der Waals surface area contributed by atoms with Crippen LogP contribution in [0, 0.1) is 0 Å². The molecule has 1 saturated heterocycles. The summed E-state index contributed by atoms with van der Waals surface area (Å²) in [6.07, 6.45) is 0. The maximum Gasteiger partial charge on any atom is 0.241 e. The minimum Gasteiger partial charge on any atom is -0.486 e. The number of thioether (sulfide) groups is 1. The molecule has 1 aromatic carbocycles. The number of hydrogen-bond acceptors (Lipinski definition) is 5. The summed E-state index contributed by atoms with van der Waals surface area (Å²) >= 11 is 1.53. The molecular formula is C15H18N2O4S. The topological polar surface area (TPSA) is 59.1 Å². The number of nitrogens with zero attached hydrogens (tertiary/aromatic N) is 2. The first-order valence-corrected chi connectivity index (χ1v) is 8.12. The van der Waals surface area contributed by atoms with Crippen molar-refractivity contribution in [2.24, 2.45) is 0 Å². The van der Waals surface area contributed by atoms with E-state index in [0.717, 1.165) is 11.3 Å². The number of fused-ring (bicyclic) bond motifs is 1. The average Bonchev–Trinajstić information content (AvgIpc) is 2.88. The quantitative estimate of drug-likeness (QED) is 0.835. The van der Waals surface area contributed by atoms with Crippen LogP contribution in [0.1, 0.15) is 10.9 Å². The van der Waals surface area contributed by atoms with Crippen LogP contribution in [0.4, 0.5) is 0 Å². The van der Waals surface area contributed by atoms with Crippen LogP contribution in [0.5, 0.6) is 11.5 Å². The molecule has 0 aliphatic carbocycles. The predicted octanol–water partition coefficient (Wildman–Crippen LogP) is 1.12. The summed E-state index contributed by atoms with van der Waals surface area (Å²) in [4.78, 5) is 27.1. The summed E-state index contributed by atoms with van der Waals surface area (Å²) in [5, 5.41) is -0.160. The third-order valence-corrected chi connectivity index (χ3v) is 4.88. The van der Waals surface area contributed by atoms with Crippen molar-refractivity contribution in [1.82, 2.24) is 9.80 Å². The Morgan fingerprint density at radius 3 is 2.77 bits per heavy atom. The second kappa shape index (κ2) is 6.08. The average molecular weight is 322 g/mol. The SMILES string of the molecule is CN(C)C(=O)CN1C(=O)CS[C@@H]1c1ccc2c(c1)OCCO2. The van der Waals surface area contributed by atoms with Crippen molar-refractivity contribution < 1.29 is 19.1 Å². The monoisotopic (exact) mass is 322 g/mol. The van der Waals surface area contributed by atoms with Gasteiger partial charge in [0.25, 0.3) is 0 Å². The van der Waals surface area contributed by atoms with Gasteiger partial charge in [-0.25, -0.2) is 0 Å². The fourth-order valence-electron chi connectivity index (χ4n) is 2.40. The van der Waals surface area contributed by atoms with Gasteiger partial charge in [0.15, 0.2) is 11.5 Å². The number of benzene rings is 1. The van der Waals surface area contributed by atoms with Gasteiger partial charge in [-0.1, -0.05) is 6.07 Å². The van der Waals surface area contributed by atoms with Crippen molar-refractivity contribution in [2.45, 2.75) is 5.37 Å². The van der Waals surface area contributed by atoms with Gasteiger partial charge in [-0.3, -0.25) is 9.59 Å². The zero-order chi connectivity index (χ0) is 15.7. The summed E-state index contributed by atoms with van der Waals surface area (Å²) in [7, 11) is 3.38. The Hall–Kier alpha value is -1.89. The molecule has 0 saturated carbocycles. The van der Waals surface area contributed by atoms with Gasteiger partial charge in [-0.05, 0) is 17.7 Å². The maximum atomic E-state index is 12.1. The molecule has 0 spiro atoms. The second-order valence-electron chi connectivity index (χ2n) is 5.38. The highest BCUT2D eigenvalue weighted by Gasteiger charge is 2.35. The summed E-state index contributed by atoms with van der Waals surface area (Å²) in [5.41, 5.74) is 0.951. The van der Waals surface area contributed by atoms with E-state index < -0.39 is 0 Å². The van der Waals surface area contributed by atoms with E-state index >= 15 is 0 Å². The lowest BCUT2D eigenvalue weighted by Crippen LogP contribution is -2.38. The smallest absolute Gasteiger partial charge is 0.241 e. The largest absolute Gasteiger partial charge is 0.486 e. The molecule has 2 heterocycles. The van der Waals surface area contributed by atoms with E-state index in [0.29, 0.717) is 24.7 Å². The number of rotatable bonds is 3. The first-order chi connectivity index (χ1) is 10.6. The molecule has 1 atom stereocenters. The van der Waals surface area contributed by atoms with Gasteiger partial charge in [0.2, 0.25) is 11.8 Å².